The minimum atomic E-state index is -0.795. The van der Waals surface area contributed by atoms with Crippen LogP contribution in [0.3, 0.4) is 0 Å². The van der Waals surface area contributed by atoms with Crippen molar-refractivity contribution in [2.75, 3.05) is 39.3 Å². The van der Waals surface area contributed by atoms with Gasteiger partial charge in [-0.2, -0.15) is 0 Å². The third-order valence-corrected chi connectivity index (χ3v) is 5.70. The van der Waals surface area contributed by atoms with Crippen LogP contribution in [0.4, 0.5) is 5.69 Å². The zero-order valence-electron chi connectivity index (χ0n) is 20.8. The molecule has 2 amide bonds. The maximum Gasteiger partial charge on any atom is 0.332 e. The van der Waals surface area contributed by atoms with E-state index in [-0.39, 0.29) is 28.2 Å². The molecule has 11 nitrogen and oxygen atoms in total. The number of fused-ring (bicyclic) bond motifs is 1. The number of ether oxygens (including phenoxy) is 3. The maximum atomic E-state index is 13.3. The number of anilines is 1. The Morgan fingerprint density at radius 3 is 2.35 bits per heavy atom. The lowest BCUT2D eigenvalue weighted by Crippen LogP contribution is -2.45. The molecule has 0 atom stereocenters. The van der Waals surface area contributed by atoms with E-state index in [0.717, 1.165) is 15.6 Å². The lowest BCUT2D eigenvalue weighted by molar-refractivity contribution is -0.122. The minimum absolute atomic E-state index is 0.194. The van der Waals surface area contributed by atoms with E-state index in [2.05, 4.69) is 10.6 Å². The fraction of sp³-hybridized carbons (Fsp3) is 0.360. The molecule has 0 aliphatic heterocycles. The molecular weight excluding hydrogens is 504 g/mol. The van der Waals surface area contributed by atoms with Gasteiger partial charge >= 0.3 is 5.69 Å². The van der Waals surface area contributed by atoms with Crippen molar-refractivity contribution < 1.29 is 23.8 Å². The summed E-state index contributed by atoms with van der Waals surface area (Å²) in [7, 11) is 2.87. The summed E-state index contributed by atoms with van der Waals surface area (Å²) in [5.41, 5.74) is -0.889. The average molecular weight is 533 g/mol. The molecule has 1 aromatic heterocycles. The summed E-state index contributed by atoms with van der Waals surface area (Å²) in [4.78, 5) is 51.7. The van der Waals surface area contributed by atoms with Crippen LogP contribution in [0.15, 0.2) is 46.0 Å². The van der Waals surface area contributed by atoms with Gasteiger partial charge in [0.05, 0.1) is 42.4 Å². The number of nitrogens with zero attached hydrogens (tertiary/aromatic N) is 2. The van der Waals surface area contributed by atoms with Crippen LogP contribution in [0, 0.1) is 0 Å². The molecule has 0 bridgehead atoms. The molecule has 0 saturated carbocycles. The highest BCUT2D eigenvalue weighted by molar-refractivity contribution is 6.32. The number of halogens is 1. The molecule has 3 rings (SSSR count). The van der Waals surface area contributed by atoms with Gasteiger partial charge in [0.2, 0.25) is 11.8 Å². The predicted molar refractivity (Wildman–Crippen MR) is 140 cm³/mol. The molecule has 3 aromatic rings. The van der Waals surface area contributed by atoms with Gasteiger partial charge in [-0.25, -0.2) is 4.79 Å². The van der Waals surface area contributed by atoms with Gasteiger partial charge in [-0.15, -0.1) is 0 Å². The van der Waals surface area contributed by atoms with Crippen molar-refractivity contribution in [2.45, 2.75) is 26.4 Å². The first kappa shape index (κ1) is 27.8. The van der Waals surface area contributed by atoms with Crippen molar-refractivity contribution in [3.8, 4) is 11.5 Å². The summed E-state index contributed by atoms with van der Waals surface area (Å²) in [6.45, 7) is 2.16. The Labute approximate surface area is 217 Å². The Kier molecular flexibility index (Phi) is 9.70. The van der Waals surface area contributed by atoms with Crippen molar-refractivity contribution in [3.05, 3.63) is 62.3 Å². The molecule has 0 radical (unpaired) electrons. The first-order chi connectivity index (χ1) is 17.8. The highest BCUT2D eigenvalue weighted by Gasteiger charge is 2.18. The summed E-state index contributed by atoms with van der Waals surface area (Å²) in [6.07, 6.45) is 0.853. The molecule has 1 heterocycles. The second kappa shape index (κ2) is 12.9. The highest BCUT2D eigenvalue weighted by atomic mass is 35.5. The molecule has 198 valence electrons. The summed E-state index contributed by atoms with van der Waals surface area (Å²) in [6, 6.07) is 9.36. The van der Waals surface area contributed by atoms with E-state index in [1.807, 2.05) is 6.92 Å². The quantitative estimate of drug-likeness (QED) is 0.341. The van der Waals surface area contributed by atoms with Gasteiger partial charge in [-0.05, 0) is 24.6 Å². The largest absolute Gasteiger partial charge is 0.495 e. The number of amides is 2. The van der Waals surface area contributed by atoms with E-state index >= 15 is 0 Å². The molecule has 0 unspecified atom stereocenters. The van der Waals surface area contributed by atoms with Crippen LogP contribution < -0.4 is 31.4 Å². The number of carbonyl (C=O) groups excluding carboxylic acids is 2. The maximum absolute atomic E-state index is 13.3. The van der Waals surface area contributed by atoms with Crippen LogP contribution in [-0.2, 0) is 27.4 Å². The number of para-hydroxylation sites is 1. The van der Waals surface area contributed by atoms with E-state index in [0.29, 0.717) is 24.7 Å². The van der Waals surface area contributed by atoms with Crippen molar-refractivity contribution in [2.24, 2.45) is 0 Å². The predicted octanol–water partition coefficient (Wildman–Crippen LogP) is 2.02. The SMILES string of the molecule is CCCOCCNC(=O)Cn1c(=O)c2ccccc2n(CC(=O)Nc2cc(Cl)c(OC)cc2OC)c1=O. The molecule has 0 saturated heterocycles. The standard InChI is InChI=1S/C25H29ClN4O7/c1-4-10-37-11-9-27-22(31)14-30-24(33)16-7-5-6-8-19(16)29(25(30)34)15-23(32)28-18-12-17(26)20(35-2)13-21(18)36-3/h5-8,12-13H,4,9-11,14-15H2,1-3H3,(H,27,31)(H,28,32). The Morgan fingerprint density at radius 1 is 0.946 bits per heavy atom. The van der Waals surface area contributed by atoms with Crippen molar-refractivity contribution in [1.29, 1.82) is 0 Å². The fourth-order valence-electron chi connectivity index (χ4n) is 3.66. The van der Waals surface area contributed by atoms with E-state index in [1.165, 1.54) is 32.4 Å². The van der Waals surface area contributed by atoms with Gasteiger partial charge < -0.3 is 24.8 Å². The van der Waals surface area contributed by atoms with Crippen LogP contribution >= 0.6 is 11.6 Å². The second-order valence-electron chi connectivity index (χ2n) is 7.97. The highest BCUT2D eigenvalue weighted by Crippen LogP contribution is 2.35. The summed E-state index contributed by atoms with van der Waals surface area (Å²) in [5, 5.41) is 5.74. The number of aromatic nitrogens is 2. The van der Waals surface area contributed by atoms with Crippen molar-refractivity contribution in [3.63, 3.8) is 0 Å². The number of benzene rings is 2. The average Bonchev–Trinajstić information content (AvgIpc) is 2.89. The zero-order chi connectivity index (χ0) is 26.9. The van der Waals surface area contributed by atoms with Gasteiger partial charge in [0, 0.05) is 19.2 Å². The zero-order valence-corrected chi connectivity index (χ0v) is 21.6. The Bertz CT molecular complexity index is 1400. The number of hydrogen-bond acceptors (Lipinski definition) is 7. The minimum Gasteiger partial charge on any atom is -0.495 e. The van der Waals surface area contributed by atoms with Gasteiger partial charge in [-0.1, -0.05) is 30.7 Å². The van der Waals surface area contributed by atoms with Gasteiger partial charge in [0.25, 0.3) is 5.56 Å². The molecular formula is C25H29ClN4O7. The second-order valence-corrected chi connectivity index (χ2v) is 8.38. The third kappa shape index (κ3) is 6.69. The van der Waals surface area contributed by atoms with E-state index < -0.39 is 36.2 Å². The number of nitrogens with one attached hydrogen (secondary N) is 2. The van der Waals surface area contributed by atoms with Crippen LogP contribution in [-0.4, -0.2) is 54.9 Å². The Balaban J connectivity index is 1.89. The normalized spacial score (nSPS) is 10.8. The van der Waals surface area contributed by atoms with Crippen LogP contribution in [0.5, 0.6) is 11.5 Å². The van der Waals surface area contributed by atoms with E-state index in [4.69, 9.17) is 25.8 Å². The van der Waals surface area contributed by atoms with Crippen molar-refractivity contribution in [1.82, 2.24) is 14.5 Å². The third-order valence-electron chi connectivity index (χ3n) is 5.40. The van der Waals surface area contributed by atoms with Gasteiger partial charge in [0.1, 0.15) is 24.6 Å². The lowest BCUT2D eigenvalue weighted by Gasteiger charge is -2.16. The van der Waals surface area contributed by atoms with Crippen molar-refractivity contribution >= 4 is 40.0 Å². The molecule has 2 aromatic carbocycles. The fourth-order valence-corrected chi connectivity index (χ4v) is 3.90. The van der Waals surface area contributed by atoms with E-state index in [1.54, 1.807) is 18.2 Å². The number of carbonyl (C=O) groups is 2. The van der Waals surface area contributed by atoms with Crippen LogP contribution in [0.2, 0.25) is 5.02 Å². The van der Waals surface area contributed by atoms with E-state index in [9.17, 15) is 19.2 Å². The van der Waals surface area contributed by atoms with Crippen LogP contribution in [0.1, 0.15) is 13.3 Å². The number of rotatable bonds is 12. The monoisotopic (exact) mass is 532 g/mol. The Hall–Kier alpha value is -3.83. The first-order valence-electron chi connectivity index (χ1n) is 11.6. The number of hydrogen-bond donors (Lipinski definition) is 2. The van der Waals surface area contributed by atoms with Gasteiger partial charge in [-0.3, -0.25) is 23.5 Å². The Morgan fingerprint density at radius 2 is 1.65 bits per heavy atom. The molecule has 2 N–H and O–H groups in total. The molecule has 0 aliphatic rings. The smallest absolute Gasteiger partial charge is 0.332 e. The summed E-state index contributed by atoms with van der Waals surface area (Å²) in [5.74, 6) is -0.435. The van der Waals surface area contributed by atoms with Gasteiger partial charge in [0.15, 0.2) is 0 Å². The first-order valence-corrected chi connectivity index (χ1v) is 12.0. The summed E-state index contributed by atoms with van der Waals surface area (Å²) < 4.78 is 17.7. The summed E-state index contributed by atoms with van der Waals surface area (Å²) >= 11 is 6.18. The molecule has 37 heavy (non-hydrogen) atoms. The molecule has 12 heteroatoms. The molecule has 0 spiro atoms. The molecule has 0 aliphatic carbocycles. The molecule has 0 fully saturated rings. The topological polar surface area (TPSA) is 130 Å². The number of methoxy groups -OCH3 is 2. The lowest BCUT2D eigenvalue weighted by atomic mass is 10.2. The van der Waals surface area contributed by atoms with Crippen LogP contribution in [0.25, 0.3) is 10.9 Å².